The smallest absolute Gasteiger partial charge is 0.331 e. The molecule has 10 heteroatoms. The Morgan fingerprint density at radius 1 is 1.03 bits per heavy atom. The summed E-state index contributed by atoms with van der Waals surface area (Å²) in [7, 11) is 0.0993. The van der Waals surface area contributed by atoms with Gasteiger partial charge in [0.25, 0.3) is 15.9 Å². The monoisotopic (exact) mass is 472 g/mol. The minimum atomic E-state index is -3.73. The Morgan fingerprint density at radius 3 is 2.27 bits per heavy atom. The number of anilines is 2. The molecule has 0 saturated carbocycles. The molecule has 0 saturated heterocycles. The molecule has 176 valence electrons. The highest BCUT2D eigenvalue weighted by atomic mass is 32.2. The molecule has 9 nitrogen and oxygen atoms in total. The fourth-order valence-corrected chi connectivity index (χ4v) is 4.47. The lowest BCUT2D eigenvalue weighted by Crippen LogP contribution is -2.37. The largest absolute Gasteiger partial charge is 0.451 e. The van der Waals surface area contributed by atoms with E-state index >= 15 is 0 Å². The Balaban J connectivity index is 1.72. The zero-order valence-electron chi connectivity index (χ0n) is 19.2. The van der Waals surface area contributed by atoms with Gasteiger partial charge in [-0.3, -0.25) is 14.5 Å². The fourth-order valence-electron chi connectivity index (χ4n) is 3.23. The molecule has 0 aliphatic carbocycles. The highest BCUT2D eigenvalue weighted by Gasteiger charge is 2.34. The summed E-state index contributed by atoms with van der Waals surface area (Å²) in [5, 5.41) is 2.72. The van der Waals surface area contributed by atoms with Gasteiger partial charge in [-0.25, -0.2) is 13.2 Å². The molecule has 1 aliphatic heterocycles. The van der Waals surface area contributed by atoms with Crippen LogP contribution < -0.4 is 14.9 Å². The van der Waals surface area contributed by atoms with Crippen LogP contribution in [0.25, 0.3) is 0 Å². The van der Waals surface area contributed by atoms with Crippen molar-refractivity contribution in [3.05, 3.63) is 54.1 Å². The number of hydrogen-bond donors (Lipinski definition) is 2. The summed E-state index contributed by atoms with van der Waals surface area (Å²) < 4.78 is 32.4. The van der Waals surface area contributed by atoms with Crippen LogP contribution in [0.3, 0.4) is 0 Å². The van der Waals surface area contributed by atoms with Gasteiger partial charge in [0.05, 0.1) is 4.90 Å². The van der Waals surface area contributed by atoms with E-state index in [-0.39, 0.29) is 16.6 Å². The van der Waals surface area contributed by atoms with Crippen molar-refractivity contribution in [1.29, 1.82) is 0 Å². The van der Waals surface area contributed by atoms with Crippen LogP contribution in [0, 0.1) is 5.92 Å². The van der Waals surface area contributed by atoms with E-state index in [2.05, 4.69) is 15.0 Å². The van der Waals surface area contributed by atoms with E-state index < -0.39 is 34.0 Å². The summed E-state index contributed by atoms with van der Waals surface area (Å²) in [5.41, 5.74) is 1.95. The molecule has 1 heterocycles. The lowest BCUT2D eigenvalue weighted by Gasteiger charge is -2.20. The molecule has 2 N–H and O–H groups in total. The number of ether oxygens (including phenoxy) is 1. The van der Waals surface area contributed by atoms with E-state index in [0.717, 1.165) is 5.69 Å². The van der Waals surface area contributed by atoms with E-state index in [1.54, 1.807) is 44.2 Å². The molecule has 0 aromatic heterocycles. The maximum absolute atomic E-state index is 12.8. The summed E-state index contributed by atoms with van der Waals surface area (Å²) in [6.45, 7) is 5.00. The number of amidine groups is 1. The third-order valence-corrected chi connectivity index (χ3v) is 6.51. The molecule has 1 amide bonds. The molecule has 3 rings (SSSR count). The van der Waals surface area contributed by atoms with Crippen molar-refractivity contribution in [2.24, 2.45) is 10.9 Å². The first kappa shape index (κ1) is 24.2. The van der Waals surface area contributed by atoms with Crippen molar-refractivity contribution in [3.63, 3.8) is 0 Å². The second kappa shape index (κ2) is 9.62. The van der Waals surface area contributed by atoms with Crippen molar-refractivity contribution >= 4 is 39.1 Å². The maximum Gasteiger partial charge on any atom is 0.331 e. The van der Waals surface area contributed by atoms with Crippen molar-refractivity contribution in [3.8, 4) is 0 Å². The van der Waals surface area contributed by atoms with Crippen molar-refractivity contribution in [2.75, 3.05) is 24.3 Å². The number of fused-ring (bicyclic) bond motifs is 1. The van der Waals surface area contributed by atoms with Crippen molar-refractivity contribution in [2.45, 2.75) is 37.8 Å². The lowest BCUT2D eigenvalue weighted by molar-refractivity contribution is -0.155. The molecular formula is C23H28N4O5S. The van der Waals surface area contributed by atoms with Gasteiger partial charge in [-0.05, 0) is 49.2 Å². The third-order valence-electron chi connectivity index (χ3n) is 5.12. The number of amides is 1. The van der Waals surface area contributed by atoms with E-state index in [1.165, 1.54) is 13.0 Å². The Morgan fingerprint density at radius 2 is 1.67 bits per heavy atom. The minimum absolute atomic E-state index is 0.0827. The van der Waals surface area contributed by atoms with Gasteiger partial charge in [0, 0.05) is 31.0 Å². The number of hydrogen-bond acceptors (Lipinski definition) is 7. The normalized spacial score (nSPS) is 17.1. The first-order valence-corrected chi connectivity index (χ1v) is 12.0. The number of nitrogens with zero attached hydrogens (tertiary/aromatic N) is 2. The summed E-state index contributed by atoms with van der Waals surface area (Å²) >= 11 is 0. The Hall–Kier alpha value is -3.40. The van der Waals surface area contributed by atoms with Gasteiger partial charge in [-0.1, -0.05) is 26.0 Å². The van der Waals surface area contributed by atoms with Crippen molar-refractivity contribution < 1.29 is 22.7 Å². The standard InChI is InChI=1S/C23H28N4O5S/c1-14(2)20(25-21-18-8-6-7-9-19(18)33(30,31)26-21)23(29)32-15(3)22(28)24-16-10-12-17(13-11-16)27(4)5/h6-15,20H,1-5H3,(H,24,28)(H,25,26)/t15-,20-/m0/s1. The molecule has 2 aromatic rings. The van der Waals surface area contributed by atoms with Crippen LogP contribution >= 0.6 is 0 Å². The van der Waals surface area contributed by atoms with Gasteiger partial charge in [0.2, 0.25) is 0 Å². The Kier molecular flexibility index (Phi) is 7.06. The number of esters is 1. The molecule has 0 unspecified atom stereocenters. The number of aliphatic imine (C=N–C) groups is 1. The molecule has 1 aliphatic rings. The maximum atomic E-state index is 12.8. The topological polar surface area (TPSA) is 117 Å². The number of nitrogens with one attached hydrogen (secondary N) is 2. The van der Waals surface area contributed by atoms with E-state index in [1.807, 2.05) is 31.1 Å². The quantitative estimate of drug-likeness (QED) is 0.598. The van der Waals surface area contributed by atoms with Crippen LogP contribution in [0.15, 0.2) is 58.4 Å². The predicted molar refractivity (Wildman–Crippen MR) is 127 cm³/mol. The zero-order chi connectivity index (χ0) is 24.3. The van der Waals surface area contributed by atoms with Gasteiger partial charge in [-0.15, -0.1) is 0 Å². The lowest BCUT2D eigenvalue weighted by atomic mass is 10.0. The SMILES string of the molecule is CC(C)[C@H](N=C1NS(=O)(=O)c2ccccc21)C(=O)O[C@@H](C)C(=O)Nc1ccc(N(C)C)cc1. The van der Waals surface area contributed by atoms with Crippen LogP contribution in [-0.4, -0.2) is 52.4 Å². The van der Waals surface area contributed by atoms with Gasteiger partial charge in [-0.2, -0.15) is 0 Å². The van der Waals surface area contributed by atoms with Gasteiger partial charge >= 0.3 is 5.97 Å². The fraction of sp³-hybridized carbons (Fsp3) is 0.348. The van der Waals surface area contributed by atoms with Crippen LogP contribution in [0.5, 0.6) is 0 Å². The molecular weight excluding hydrogens is 444 g/mol. The predicted octanol–water partition coefficient (Wildman–Crippen LogP) is 2.39. The van der Waals surface area contributed by atoms with E-state index in [4.69, 9.17) is 4.74 Å². The summed E-state index contributed by atoms with van der Waals surface area (Å²) in [5.74, 6) is -1.41. The molecule has 0 radical (unpaired) electrons. The molecule has 2 atom stereocenters. The summed E-state index contributed by atoms with van der Waals surface area (Å²) in [6, 6.07) is 12.6. The molecule has 0 spiro atoms. The van der Waals surface area contributed by atoms with Crippen LogP contribution in [-0.2, 0) is 24.3 Å². The second-order valence-electron chi connectivity index (χ2n) is 8.28. The number of carbonyl (C=O) groups excluding carboxylic acids is 2. The highest BCUT2D eigenvalue weighted by molar-refractivity contribution is 7.90. The number of rotatable bonds is 7. The van der Waals surface area contributed by atoms with E-state index in [9.17, 15) is 18.0 Å². The van der Waals surface area contributed by atoms with Crippen molar-refractivity contribution in [1.82, 2.24) is 4.72 Å². The highest BCUT2D eigenvalue weighted by Crippen LogP contribution is 2.24. The van der Waals surface area contributed by atoms with Crippen LogP contribution in [0.1, 0.15) is 26.3 Å². The first-order valence-electron chi connectivity index (χ1n) is 10.5. The molecule has 0 bridgehead atoms. The average Bonchev–Trinajstić information content (AvgIpc) is 3.02. The summed E-state index contributed by atoms with van der Waals surface area (Å²) in [6.07, 6.45) is -1.07. The second-order valence-corrected chi connectivity index (χ2v) is 9.93. The molecule has 2 aromatic carbocycles. The van der Waals surface area contributed by atoms with Gasteiger partial charge in [0.15, 0.2) is 12.1 Å². The van der Waals surface area contributed by atoms with Gasteiger partial charge in [0.1, 0.15) is 5.84 Å². The Bertz CT molecular complexity index is 1170. The molecule has 33 heavy (non-hydrogen) atoms. The first-order chi connectivity index (χ1) is 15.5. The van der Waals surface area contributed by atoms with Crippen LogP contribution in [0.2, 0.25) is 0 Å². The number of carbonyl (C=O) groups is 2. The number of benzene rings is 2. The Labute approximate surface area is 193 Å². The average molecular weight is 473 g/mol. The zero-order valence-corrected chi connectivity index (χ0v) is 20.0. The van der Waals surface area contributed by atoms with Crippen LogP contribution in [0.4, 0.5) is 11.4 Å². The molecule has 0 fully saturated rings. The van der Waals surface area contributed by atoms with Gasteiger partial charge < -0.3 is 15.0 Å². The number of sulfonamides is 1. The summed E-state index contributed by atoms with van der Waals surface area (Å²) in [4.78, 5) is 31.8. The minimum Gasteiger partial charge on any atom is -0.451 e. The third kappa shape index (κ3) is 5.51. The van der Waals surface area contributed by atoms with E-state index in [0.29, 0.717) is 11.3 Å².